The van der Waals surface area contributed by atoms with Gasteiger partial charge in [0.2, 0.25) is 0 Å². The van der Waals surface area contributed by atoms with Crippen LogP contribution in [0.15, 0.2) is 53.1 Å². The van der Waals surface area contributed by atoms with Crippen molar-refractivity contribution in [2.24, 2.45) is 5.92 Å². The van der Waals surface area contributed by atoms with Crippen molar-refractivity contribution in [3.8, 4) is 11.5 Å². The van der Waals surface area contributed by atoms with Gasteiger partial charge in [-0.05, 0) is 56.4 Å². The van der Waals surface area contributed by atoms with Crippen LogP contribution < -0.4 is 0 Å². The van der Waals surface area contributed by atoms with Gasteiger partial charge >= 0.3 is 5.97 Å². The highest BCUT2D eigenvalue weighted by molar-refractivity contribution is 6.07. The van der Waals surface area contributed by atoms with E-state index in [0.29, 0.717) is 42.5 Å². The quantitative estimate of drug-likeness (QED) is 0.555. The summed E-state index contributed by atoms with van der Waals surface area (Å²) in [5.41, 5.74) is 2.06. The third-order valence-electron chi connectivity index (χ3n) is 5.59. The molecule has 1 fully saturated rings. The standard InChI is InChI=1S/C24H26N2O4/c1-2-29-23(27)12-11-17-7-5-13-26(16-17)24(28)19-15-21(22-10-6-14-30-22)25-20-9-4-3-8-18(19)20/h3-4,6,8-10,14-15,17H,2,5,7,11-13,16H2,1H3. The van der Waals surface area contributed by atoms with Gasteiger partial charge in [0.05, 0.1) is 24.0 Å². The number of ether oxygens (including phenoxy) is 1. The number of hydrogen-bond acceptors (Lipinski definition) is 5. The molecule has 4 rings (SSSR count). The fourth-order valence-corrected chi connectivity index (χ4v) is 4.11. The van der Waals surface area contributed by atoms with Gasteiger partial charge in [-0.2, -0.15) is 0 Å². The lowest BCUT2D eigenvalue weighted by atomic mass is 9.92. The molecule has 1 aliphatic heterocycles. The van der Waals surface area contributed by atoms with Crippen molar-refractivity contribution >= 4 is 22.8 Å². The lowest BCUT2D eigenvalue weighted by molar-refractivity contribution is -0.143. The van der Waals surface area contributed by atoms with Crippen LogP contribution in [0.5, 0.6) is 0 Å². The van der Waals surface area contributed by atoms with E-state index in [1.165, 1.54) is 0 Å². The lowest BCUT2D eigenvalue weighted by Crippen LogP contribution is -2.40. The summed E-state index contributed by atoms with van der Waals surface area (Å²) in [4.78, 5) is 31.8. The van der Waals surface area contributed by atoms with E-state index in [9.17, 15) is 9.59 Å². The third-order valence-corrected chi connectivity index (χ3v) is 5.59. The molecule has 0 saturated carbocycles. The Morgan fingerprint density at radius 3 is 2.90 bits per heavy atom. The van der Waals surface area contributed by atoms with Gasteiger partial charge in [-0.15, -0.1) is 0 Å². The summed E-state index contributed by atoms with van der Waals surface area (Å²) >= 11 is 0. The van der Waals surface area contributed by atoms with Crippen LogP contribution in [-0.4, -0.2) is 41.5 Å². The zero-order valence-electron chi connectivity index (χ0n) is 17.2. The Morgan fingerprint density at radius 1 is 1.23 bits per heavy atom. The Bertz CT molecular complexity index is 1030. The predicted molar refractivity (Wildman–Crippen MR) is 114 cm³/mol. The Hall–Kier alpha value is -3.15. The van der Waals surface area contributed by atoms with E-state index in [4.69, 9.17) is 9.15 Å². The maximum Gasteiger partial charge on any atom is 0.305 e. The molecule has 1 saturated heterocycles. The predicted octanol–water partition coefficient (Wildman–Crippen LogP) is 4.69. The fraction of sp³-hybridized carbons (Fsp3) is 0.375. The highest BCUT2D eigenvalue weighted by Crippen LogP contribution is 2.28. The SMILES string of the molecule is CCOC(=O)CCC1CCCN(C(=O)c2cc(-c3ccco3)nc3ccccc23)C1. The average Bonchev–Trinajstić information content (AvgIpc) is 3.32. The minimum Gasteiger partial charge on any atom is -0.466 e. The summed E-state index contributed by atoms with van der Waals surface area (Å²) < 4.78 is 10.5. The van der Waals surface area contributed by atoms with E-state index in [1.807, 2.05) is 54.3 Å². The normalized spacial score (nSPS) is 16.6. The molecular formula is C24H26N2O4. The number of rotatable bonds is 6. The van der Waals surface area contributed by atoms with Crippen LogP contribution in [0.2, 0.25) is 0 Å². The van der Waals surface area contributed by atoms with Gasteiger partial charge < -0.3 is 14.1 Å². The molecule has 0 radical (unpaired) electrons. The van der Waals surface area contributed by atoms with Gasteiger partial charge in [0.1, 0.15) is 5.69 Å². The van der Waals surface area contributed by atoms with E-state index >= 15 is 0 Å². The van der Waals surface area contributed by atoms with Crippen molar-refractivity contribution in [3.05, 3.63) is 54.3 Å². The minimum absolute atomic E-state index is 0.00207. The number of pyridine rings is 1. The van der Waals surface area contributed by atoms with Crippen molar-refractivity contribution < 1.29 is 18.7 Å². The molecule has 6 nitrogen and oxygen atoms in total. The van der Waals surface area contributed by atoms with Gasteiger partial charge in [-0.3, -0.25) is 9.59 Å². The van der Waals surface area contributed by atoms with Crippen LogP contribution in [0.1, 0.15) is 43.0 Å². The Kier molecular flexibility index (Phi) is 6.12. The number of para-hydroxylation sites is 1. The van der Waals surface area contributed by atoms with Crippen LogP contribution in [0, 0.1) is 5.92 Å². The number of furan rings is 1. The number of carbonyl (C=O) groups is 2. The Morgan fingerprint density at radius 2 is 2.10 bits per heavy atom. The van der Waals surface area contributed by atoms with Crippen LogP contribution >= 0.6 is 0 Å². The maximum atomic E-state index is 13.5. The zero-order chi connectivity index (χ0) is 20.9. The number of carbonyl (C=O) groups excluding carboxylic acids is 2. The molecule has 1 amide bonds. The number of esters is 1. The van der Waals surface area contributed by atoms with Crippen LogP contribution in [0.25, 0.3) is 22.4 Å². The van der Waals surface area contributed by atoms with Gasteiger partial charge in [-0.25, -0.2) is 4.98 Å². The van der Waals surface area contributed by atoms with Crippen LogP contribution in [0.4, 0.5) is 0 Å². The lowest BCUT2D eigenvalue weighted by Gasteiger charge is -2.33. The molecule has 2 aromatic heterocycles. The number of fused-ring (bicyclic) bond motifs is 1. The summed E-state index contributed by atoms with van der Waals surface area (Å²) in [6.45, 7) is 3.60. The van der Waals surface area contributed by atoms with Crippen molar-refractivity contribution in [1.29, 1.82) is 0 Å². The van der Waals surface area contributed by atoms with Crippen LogP contribution in [0.3, 0.4) is 0 Å². The number of likely N-dealkylation sites (tertiary alicyclic amines) is 1. The molecule has 6 heteroatoms. The van der Waals surface area contributed by atoms with Crippen LogP contribution in [-0.2, 0) is 9.53 Å². The Balaban J connectivity index is 1.57. The number of nitrogens with zero attached hydrogens (tertiary/aromatic N) is 2. The van der Waals surface area contributed by atoms with Gasteiger partial charge in [-0.1, -0.05) is 18.2 Å². The average molecular weight is 406 g/mol. The third kappa shape index (κ3) is 4.37. The second-order valence-corrected chi connectivity index (χ2v) is 7.65. The van der Waals surface area contributed by atoms with Crippen molar-refractivity contribution in [3.63, 3.8) is 0 Å². The molecule has 0 spiro atoms. The highest BCUT2D eigenvalue weighted by atomic mass is 16.5. The van der Waals surface area contributed by atoms with Crippen molar-refractivity contribution in [1.82, 2.24) is 9.88 Å². The monoisotopic (exact) mass is 406 g/mol. The largest absolute Gasteiger partial charge is 0.466 e. The Labute approximate surface area is 175 Å². The molecule has 3 heterocycles. The molecule has 0 N–H and O–H groups in total. The van der Waals surface area contributed by atoms with Gasteiger partial charge in [0.25, 0.3) is 5.91 Å². The molecule has 156 valence electrons. The molecular weight excluding hydrogens is 380 g/mol. The van der Waals surface area contributed by atoms with Crippen molar-refractivity contribution in [2.75, 3.05) is 19.7 Å². The number of aromatic nitrogens is 1. The fourth-order valence-electron chi connectivity index (χ4n) is 4.11. The van der Waals surface area contributed by atoms with Crippen molar-refractivity contribution in [2.45, 2.75) is 32.6 Å². The van der Waals surface area contributed by atoms with E-state index < -0.39 is 0 Å². The number of benzene rings is 1. The maximum absolute atomic E-state index is 13.5. The molecule has 0 aliphatic carbocycles. The first-order valence-corrected chi connectivity index (χ1v) is 10.5. The summed E-state index contributed by atoms with van der Waals surface area (Å²) in [5.74, 6) is 0.789. The topological polar surface area (TPSA) is 72.6 Å². The number of piperidine rings is 1. The van der Waals surface area contributed by atoms with E-state index in [0.717, 1.165) is 36.7 Å². The van der Waals surface area contributed by atoms with Gasteiger partial charge in [0, 0.05) is 24.9 Å². The number of hydrogen-bond donors (Lipinski definition) is 0. The van der Waals surface area contributed by atoms with E-state index in [1.54, 1.807) is 6.26 Å². The minimum atomic E-state index is -0.163. The first-order valence-electron chi connectivity index (χ1n) is 10.5. The molecule has 30 heavy (non-hydrogen) atoms. The first kappa shape index (κ1) is 20.1. The second kappa shape index (κ2) is 9.11. The van der Waals surface area contributed by atoms with Gasteiger partial charge in [0.15, 0.2) is 5.76 Å². The first-order chi connectivity index (χ1) is 14.7. The molecule has 1 atom stereocenters. The number of amides is 1. The van der Waals surface area contributed by atoms with E-state index in [2.05, 4.69) is 4.98 Å². The van der Waals surface area contributed by atoms with E-state index in [-0.39, 0.29) is 11.9 Å². The molecule has 0 bridgehead atoms. The smallest absolute Gasteiger partial charge is 0.305 e. The zero-order valence-corrected chi connectivity index (χ0v) is 17.2. The summed E-state index contributed by atoms with van der Waals surface area (Å²) in [6.07, 6.45) is 4.72. The highest BCUT2D eigenvalue weighted by Gasteiger charge is 2.26. The summed E-state index contributed by atoms with van der Waals surface area (Å²) in [6, 6.07) is 13.2. The summed E-state index contributed by atoms with van der Waals surface area (Å²) in [5, 5.41) is 0.839. The molecule has 1 aromatic carbocycles. The molecule has 1 aliphatic rings. The molecule has 1 unspecified atom stereocenters. The molecule has 3 aromatic rings. The summed E-state index contributed by atoms with van der Waals surface area (Å²) in [7, 11) is 0. The second-order valence-electron chi connectivity index (χ2n) is 7.65.